The molecule has 2 rings (SSSR count). The first-order valence-electron chi connectivity index (χ1n) is 8.17. The van der Waals surface area contributed by atoms with Gasteiger partial charge < -0.3 is 14.8 Å². The van der Waals surface area contributed by atoms with Crippen molar-refractivity contribution in [1.29, 1.82) is 0 Å². The smallest absolute Gasteiger partial charge is 0.123 e. The van der Waals surface area contributed by atoms with Crippen LogP contribution >= 0.6 is 0 Å². The molecule has 4 nitrogen and oxygen atoms in total. The van der Waals surface area contributed by atoms with E-state index in [4.69, 9.17) is 4.98 Å². The van der Waals surface area contributed by atoms with Gasteiger partial charge in [0.05, 0.1) is 17.6 Å². The highest BCUT2D eigenvalue weighted by molar-refractivity contribution is 5.75. The van der Waals surface area contributed by atoms with E-state index < -0.39 is 0 Å². The van der Waals surface area contributed by atoms with Gasteiger partial charge in [-0.25, -0.2) is 4.98 Å². The molecule has 0 aliphatic carbocycles. The number of fused-ring (bicyclic) bond motifs is 1. The Balaban J connectivity index is 1.99. The first-order chi connectivity index (χ1) is 10.3. The Morgan fingerprint density at radius 3 is 2.62 bits per heavy atom. The number of imidazole rings is 1. The van der Waals surface area contributed by atoms with E-state index in [1.807, 2.05) is 0 Å². The summed E-state index contributed by atoms with van der Waals surface area (Å²) in [6, 6.07) is 8.41. The van der Waals surface area contributed by atoms with Crippen molar-refractivity contribution >= 4 is 11.0 Å². The van der Waals surface area contributed by atoms with E-state index in [9.17, 15) is 0 Å². The Morgan fingerprint density at radius 2 is 1.90 bits per heavy atom. The molecule has 0 spiro atoms. The van der Waals surface area contributed by atoms with Crippen molar-refractivity contribution in [3.63, 3.8) is 0 Å². The maximum absolute atomic E-state index is 4.78. The van der Waals surface area contributed by atoms with E-state index in [0.29, 0.717) is 0 Å². The van der Waals surface area contributed by atoms with E-state index in [1.54, 1.807) is 0 Å². The molecular weight excluding hydrogens is 260 g/mol. The molecule has 0 bridgehead atoms. The van der Waals surface area contributed by atoms with Crippen molar-refractivity contribution in [3.8, 4) is 0 Å². The molecule has 1 heterocycles. The molecular formula is C17H28N4. The lowest BCUT2D eigenvalue weighted by Gasteiger charge is -2.18. The third-order valence-corrected chi connectivity index (χ3v) is 3.96. The Bertz CT molecular complexity index is 543. The lowest BCUT2D eigenvalue weighted by atomic mass is 10.3. The molecule has 0 fully saturated rings. The van der Waals surface area contributed by atoms with Crippen molar-refractivity contribution < 1.29 is 0 Å². The van der Waals surface area contributed by atoms with Crippen LogP contribution in [0.2, 0.25) is 0 Å². The highest BCUT2D eigenvalue weighted by atomic mass is 15.1. The second-order valence-electron chi connectivity index (χ2n) is 5.37. The lowest BCUT2D eigenvalue weighted by molar-refractivity contribution is 0.301. The second kappa shape index (κ2) is 8.15. The Hall–Kier alpha value is -1.39. The number of nitrogens with one attached hydrogen (secondary N) is 1. The summed E-state index contributed by atoms with van der Waals surface area (Å²) in [5.74, 6) is 1.15. The number of hydrogen-bond acceptors (Lipinski definition) is 3. The number of benzene rings is 1. The van der Waals surface area contributed by atoms with Crippen LogP contribution in [0, 0.1) is 0 Å². The fraction of sp³-hybridized carbons (Fsp3) is 0.588. The zero-order valence-electron chi connectivity index (χ0n) is 13.6. The van der Waals surface area contributed by atoms with Gasteiger partial charge in [0.2, 0.25) is 0 Å². The number of aryl methyl sites for hydroxylation is 1. The number of rotatable bonds is 9. The van der Waals surface area contributed by atoms with Crippen LogP contribution in [-0.4, -0.2) is 40.6 Å². The van der Waals surface area contributed by atoms with Crippen LogP contribution in [0.4, 0.5) is 0 Å². The number of hydrogen-bond donors (Lipinski definition) is 1. The fourth-order valence-corrected chi connectivity index (χ4v) is 2.71. The molecule has 0 radical (unpaired) electrons. The summed E-state index contributed by atoms with van der Waals surface area (Å²) in [4.78, 5) is 7.21. The van der Waals surface area contributed by atoms with E-state index in [2.05, 4.69) is 59.8 Å². The molecule has 1 aromatic carbocycles. The molecule has 0 saturated carbocycles. The van der Waals surface area contributed by atoms with Gasteiger partial charge >= 0.3 is 0 Å². The molecule has 21 heavy (non-hydrogen) atoms. The van der Waals surface area contributed by atoms with Gasteiger partial charge in [-0.1, -0.05) is 32.9 Å². The predicted octanol–water partition coefficient (Wildman–Crippen LogP) is 2.88. The lowest BCUT2D eigenvalue weighted by Crippen LogP contribution is -2.32. The first kappa shape index (κ1) is 16.0. The number of likely N-dealkylation sites (N-methyl/N-ethyl adjacent to an activating group) is 1. The second-order valence-corrected chi connectivity index (χ2v) is 5.37. The summed E-state index contributed by atoms with van der Waals surface area (Å²) in [6.07, 6.45) is 1.13. The molecule has 1 N–H and O–H groups in total. The minimum absolute atomic E-state index is 0.843. The monoisotopic (exact) mass is 288 g/mol. The third kappa shape index (κ3) is 4.05. The average Bonchev–Trinajstić information content (AvgIpc) is 2.86. The van der Waals surface area contributed by atoms with E-state index >= 15 is 0 Å². The van der Waals surface area contributed by atoms with Gasteiger partial charge in [0.25, 0.3) is 0 Å². The third-order valence-electron chi connectivity index (χ3n) is 3.96. The van der Waals surface area contributed by atoms with E-state index in [0.717, 1.165) is 57.0 Å². The fourth-order valence-electron chi connectivity index (χ4n) is 2.71. The van der Waals surface area contributed by atoms with Crippen LogP contribution in [0.3, 0.4) is 0 Å². The van der Waals surface area contributed by atoms with Crippen molar-refractivity contribution in [2.24, 2.45) is 0 Å². The Labute approximate surface area is 128 Å². The number of para-hydroxylation sites is 2. The maximum atomic E-state index is 4.78. The summed E-state index contributed by atoms with van der Waals surface area (Å²) < 4.78 is 2.35. The van der Waals surface area contributed by atoms with Crippen molar-refractivity contribution in [2.45, 2.75) is 40.3 Å². The van der Waals surface area contributed by atoms with Crippen LogP contribution < -0.4 is 5.32 Å². The van der Waals surface area contributed by atoms with Crippen LogP contribution in [0.25, 0.3) is 11.0 Å². The highest BCUT2D eigenvalue weighted by Crippen LogP contribution is 2.16. The molecule has 0 unspecified atom stereocenters. The molecule has 0 atom stereocenters. The predicted molar refractivity (Wildman–Crippen MR) is 89.5 cm³/mol. The zero-order chi connectivity index (χ0) is 15.1. The van der Waals surface area contributed by atoms with Gasteiger partial charge in [0, 0.05) is 19.6 Å². The highest BCUT2D eigenvalue weighted by Gasteiger charge is 2.09. The van der Waals surface area contributed by atoms with Crippen LogP contribution in [0.15, 0.2) is 24.3 Å². The van der Waals surface area contributed by atoms with Gasteiger partial charge in [-0.2, -0.15) is 0 Å². The van der Waals surface area contributed by atoms with E-state index in [1.165, 1.54) is 5.52 Å². The maximum Gasteiger partial charge on any atom is 0.123 e. The zero-order valence-corrected chi connectivity index (χ0v) is 13.6. The SMILES string of the molecule is CCCn1c(CNCCN(CC)CC)nc2ccccc21. The molecule has 0 amide bonds. The summed E-state index contributed by atoms with van der Waals surface area (Å²) in [6.45, 7) is 12.9. The molecule has 2 aromatic rings. The number of aromatic nitrogens is 2. The average molecular weight is 288 g/mol. The van der Waals surface area contributed by atoms with Crippen LogP contribution in [-0.2, 0) is 13.1 Å². The molecule has 0 aliphatic heterocycles. The van der Waals surface area contributed by atoms with Gasteiger partial charge in [-0.05, 0) is 31.6 Å². The van der Waals surface area contributed by atoms with Gasteiger partial charge in [-0.3, -0.25) is 0 Å². The Kier molecular flexibility index (Phi) is 6.21. The van der Waals surface area contributed by atoms with Crippen LogP contribution in [0.5, 0.6) is 0 Å². The molecule has 1 aromatic heterocycles. The minimum Gasteiger partial charge on any atom is -0.327 e. The van der Waals surface area contributed by atoms with Crippen molar-refractivity contribution in [2.75, 3.05) is 26.2 Å². The molecule has 0 aliphatic rings. The summed E-state index contributed by atoms with van der Waals surface area (Å²) in [5, 5.41) is 3.54. The largest absolute Gasteiger partial charge is 0.327 e. The van der Waals surface area contributed by atoms with Gasteiger partial charge in [0.15, 0.2) is 0 Å². The van der Waals surface area contributed by atoms with Gasteiger partial charge in [-0.15, -0.1) is 0 Å². The Morgan fingerprint density at radius 1 is 1.14 bits per heavy atom. The van der Waals surface area contributed by atoms with Crippen LogP contribution in [0.1, 0.15) is 33.0 Å². The summed E-state index contributed by atoms with van der Waals surface area (Å²) in [5.41, 5.74) is 2.35. The standard InChI is InChI=1S/C17H28N4/c1-4-12-21-16-10-8-7-9-15(16)19-17(21)14-18-11-13-20(5-2)6-3/h7-10,18H,4-6,11-14H2,1-3H3. The molecule has 4 heteroatoms. The minimum atomic E-state index is 0.843. The topological polar surface area (TPSA) is 33.1 Å². The van der Waals surface area contributed by atoms with Crippen molar-refractivity contribution in [3.05, 3.63) is 30.1 Å². The summed E-state index contributed by atoms with van der Waals surface area (Å²) in [7, 11) is 0. The van der Waals surface area contributed by atoms with E-state index in [-0.39, 0.29) is 0 Å². The normalized spacial score (nSPS) is 11.6. The number of nitrogens with zero attached hydrogens (tertiary/aromatic N) is 3. The quantitative estimate of drug-likeness (QED) is 0.720. The first-order valence-corrected chi connectivity index (χ1v) is 8.17. The van der Waals surface area contributed by atoms with Crippen molar-refractivity contribution in [1.82, 2.24) is 19.8 Å². The van der Waals surface area contributed by atoms with Gasteiger partial charge in [0.1, 0.15) is 5.82 Å². The molecule has 116 valence electrons. The summed E-state index contributed by atoms with van der Waals surface area (Å²) >= 11 is 0. The molecule has 0 saturated heterocycles.